The number of aliphatic imine (C=N–C) groups is 1. The number of allylic oxidation sites excluding steroid dienone is 5. The number of benzene rings is 2. The van der Waals surface area contributed by atoms with Gasteiger partial charge in [0.1, 0.15) is 5.70 Å². The first-order valence-corrected chi connectivity index (χ1v) is 9.06. The second-order valence-corrected chi connectivity index (χ2v) is 6.61. The number of hydrogen-bond acceptors (Lipinski definition) is 4. The van der Waals surface area contributed by atoms with Gasteiger partial charge in [0.25, 0.3) is 0 Å². The molecule has 0 aromatic heterocycles. The fourth-order valence-corrected chi connectivity index (χ4v) is 2.84. The number of alkyl halides is 3. The summed E-state index contributed by atoms with van der Waals surface area (Å²) >= 11 is 5.75. The molecule has 0 saturated heterocycles. The maximum Gasteiger partial charge on any atom is 0.431 e. The molecule has 0 radical (unpaired) electrons. The van der Waals surface area contributed by atoms with Gasteiger partial charge in [0.05, 0.1) is 5.70 Å². The second kappa shape index (κ2) is 9.93. The molecule has 0 amide bonds. The number of fused-ring (bicyclic) bond motifs is 1. The molecular formula is C22H20ClF3N4. The van der Waals surface area contributed by atoms with Crippen LogP contribution in [0, 0.1) is 5.41 Å². The van der Waals surface area contributed by atoms with Gasteiger partial charge in [0.15, 0.2) is 0 Å². The third-order valence-corrected chi connectivity index (χ3v) is 4.06. The Hall–Kier alpha value is -3.32. The highest BCUT2D eigenvalue weighted by Gasteiger charge is 2.37. The van der Waals surface area contributed by atoms with Crippen LogP contribution in [0.5, 0.6) is 0 Å². The first-order chi connectivity index (χ1) is 14.2. The Morgan fingerprint density at radius 3 is 2.40 bits per heavy atom. The summed E-state index contributed by atoms with van der Waals surface area (Å²) in [5, 5.41) is 14.3. The highest BCUT2D eigenvalue weighted by molar-refractivity contribution is 6.31. The van der Waals surface area contributed by atoms with Crippen molar-refractivity contribution in [3.05, 3.63) is 89.4 Å². The number of hydrogen-bond donors (Lipinski definition) is 3. The quantitative estimate of drug-likeness (QED) is 0.345. The van der Waals surface area contributed by atoms with Gasteiger partial charge in [-0.05, 0) is 17.5 Å². The standard InChI is InChI=1S/C22H20ClF3N4/c1-14(23)11-17(13-28-3)29-15(2)19(12-27)21(22(24,25)26)30-20-10-6-8-16-7-4-5-9-18(16)20/h4-13,27,29-30H,1-2H2,3H3/b17-11+,21-19+,27-12?,28-13-. The van der Waals surface area contributed by atoms with Crippen molar-refractivity contribution in [3.63, 3.8) is 0 Å². The van der Waals surface area contributed by atoms with E-state index in [1.165, 1.54) is 19.3 Å². The molecule has 0 spiro atoms. The Balaban J connectivity index is 2.54. The van der Waals surface area contributed by atoms with Crippen LogP contribution in [0.25, 0.3) is 10.8 Å². The van der Waals surface area contributed by atoms with Crippen LogP contribution in [0.4, 0.5) is 18.9 Å². The molecular weight excluding hydrogens is 413 g/mol. The van der Waals surface area contributed by atoms with Gasteiger partial charge in [-0.2, -0.15) is 13.2 Å². The number of halogens is 4. The zero-order chi connectivity index (χ0) is 22.3. The molecule has 0 atom stereocenters. The predicted octanol–water partition coefficient (Wildman–Crippen LogP) is 6.16. The van der Waals surface area contributed by atoms with Gasteiger partial charge in [-0.1, -0.05) is 61.2 Å². The van der Waals surface area contributed by atoms with Gasteiger partial charge in [0, 0.05) is 46.9 Å². The molecule has 0 aliphatic rings. The van der Waals surface area contributed by atoms with E-state index in [2.05, 4.69) is 28.8 Å². The van der Waals surface area contributed by atoms with E-state index in [0.29, 0.717) is 11.6 Å². The van der Waals surface area contributed by atoms with E-state index >= 15 is 0 Å². The molecule has 0 heterocycles. The second-order valence-electron chi connectivity index (χ2n) is 6.12. The van der Waals surface area contributed by atoms with Crippen molar-refractivity contribution in [2.75, 3.05) is 12.4 Å². The number of anilines is 1. The van der Waals surface area contributed by atoms with Crippen molar-refractivity contribution in [2.45, 2.75) is 6.18 Å². The van der Waals surface area contributed by atoms with Gasteiger partial charge in [-0.3, -0.25) is 4.99 Å². The Labute approximate surface area is 177 Å². The highest BCUT2D eigenvalue weighted by atomic mass is 35.5. The molecule has 2 rings (SSSR count). The summed E-state index contributed by atoms with van der Waals surface area (Å²) in [5.41, 5.74) is -1.22. The molecule has 156 valence electrons. The summed E-state index contributed by atoms with van der Waals surface area (Å²) in [4.78, 5) is 3.82. The monoisotopic (exact) mass is 432 g/mol. The van der Waals surface area contributed by atoms with Crippen LogP contribution >= 0.6 is 11.6 Å². The fraction of sp³-hybridized carbons (Fsp3) is 0.0909. The average molecular weight is 433 g/mol. The number of nitrogens with zero attached hydrogens (tertiary/aromatic N) is 1. The molecule has 30 heavy (non-hydrogen) atoms. The lowest BCUT2D eigenvalue weighted by atomic mass is 10.1. The minimum atomic E-state index is -4.77. The van der Waals surface area contributed by atoms with E-state index in [1.54, 1.807) is 42.5 Å². The van der Waals surface area contributed by atoms with Crippen molar-refractivity contribution < 1.29 is 13.2 Å². The molecule has 0 saturated carbocycles. The lowest BCUT2D eigenvalue weighted by Crippen LogP contribution is -2.26. The van der Waals surface area contributed by atoms with Crippen molar-refractivity contribution in [2.24, 2.45) is 4.99 Å². The van der Waals surface area contributed by atoms with Crippen LogP contribution in [0.2, 0.25) is 0 Å². The molecule has 2 aromatic carbocycles. The normalized spacial score (nSPS) is 13.2. The van der Waals surface area contributed by atoms with Crippen LogP contribution in [0.15, 0.2) is 94.4 Å². The number of nitrogens with one attached hydrogen (secondary N) is 3. The summed E-state index contributed by atoms with van der Waals surface area (Å²) in [7, 11) is 1.49. The van der Waals surface area contributed by atoms with Crippen LogP contribution < -0.4 is 10.6 Å². The largest absolute Gasteiger partial charge is 0.431 e. The molecule has 0 aliphatic heterocycles. The van der Waals surface area contributed by atoms with Crippen LogP contribution in [-0.4, -0.2) is 25.7 Å². The van der Waals surface area contributed by atoms with E-state index in [4.69, 9.17) is 17.0 Å². The minimum absolute atomic E-state index is 0.149. The maximum absolute atomic E-state index is 13.9. The zero-order valence-electron chi connectivity index (χ0n) is 16.1. The molecule has 8 heteroatoms. The zero-order valence-corrected chi connectivity index (χ0v) is 16.9. The van der Waals surface area contributed by atoms with Crippen molar-refractivity contribution in [1.82, 2.24) is 5.32 Å². The van der Waals surface area contributed by atoms with Crippen LogP contribution in [0.3, 0.4) is 0 Å². The molecule has 0 bridgehead atoms. The molecule has 0 fully saturated rings. The average Bonchev–Trinajstić information content (AvgIpc) is 2.67. The van der Waals surface area contributed by atoms with Gasteiger partial charge in [-0.25, -0.2) is 0 Å². The predicted molar refractivity (Wildman–Crippen MR) is 119 cm³/mol. The van der Waals surface area contributed by atoms with E-state index in [9.17, 15) is 13.2 Å². The molecule has 4 nitrogen and oxygen atoms in total. The van der Waals surface area contributed by atoms with Crippen molar-refractivity contribution in [3.8, 4) is 0 Å². The first-order valence-electron chi connectivity index (χ1n) is 8.68. The molecule has 3 N–H and O–H groups in total. The van der Waals surface area contributed by atoms with Gasteiger partial charge < -0.3 is 16.0 Å². The van der Waals surface area contributed by atoms with Crippen molar-refractivity contribution in [1.29, 1.82) is 5.41 Å². The van der Waals surface area contributed by atoms with E-state index in [0.717, 1.165) is 5.39 Å². The Morgan fingerprint density at radius 2 is 1.80 bits per heavy atom. The molecule has 0 aliphatic carbocycles. The fourth-order valence-electron chi connectivity index (χ4n) is 2.73. The van der Waals surface area contributed by atoms with E-state index < -0.39 is 17.4 Å². The molecule has 2 aromatic rings. The SMILES string of the molecule is C=C(Cl)/C=C(\C=N/C)NC(=C)/C(C=N)=C(/Nc1cccc2ccccc12)C(F)(F)F. The summed E-state index contributed by atoms with van der Waals surface area (Å²) < 4.78 is 41.8. The number of rotatable bonds is 8. The Bertz CT molecular complexity index is 1060. The van der Waals surface area contributed by atoms with Crippen LogP contribution in [-0.2, 0) is 0 Å². The first kappa shape index (κ1) is 23.0. The van der Waals surface area contributed by atoms with Crippen LogP contribution in [0.1, 0.15) is 0 Å². The summed E-state index contributed by atoms with van der Waals surface area (Å²) in [6.45, 7) is 7.18. The third-order valence-electron chi connectivity index (χ3n) is 3.95. The smallest absolute Gasteiger partial charge is 0.354 e. The van der Waals surface area contributed by atoms with E-state index in [-0.39, 0.29) is 22.1 Å². The lowest BCUT2D eigenvalue weighted by Gasteiger charge is -2.20. The molecule has 0 unspecified atom stereocenters. The van der Waals surface area contributed by atoms with Gasteiger partial charge >= 0.3 is 6.18 Å². The maximum atomic E-state index is 13.9. The topological polar surface area (TPSA) is 60.3 Å². The Kier molecular flexibility index (Phi) is 7.60. The van der Waals surface area contributed by atoms with Gasteiger partial charge in [0.2, 0.25) is 0 Å². The summed E-state index contributed by atoms with van der Waals surface area (Å²) in [6.07, 6.45) is -1.45. The van der Waals surface area contributed by atoms with Gasteiger partial charge in [-0.15, -0.1) is 0 Å². The lowest BCUT2D eigenvalue weighted by molar-refractivity contribution is -0.0906. The highest BCUT2D eigenvalue weighted by Crippen LogP contribution is 2.33. The van der Waals surface area contributed by atoms with E-state index in [1.807, 2.05) is 0 Å². The summed E-state index contributed by atoms with van der Waals surface area (Å²) in [5.74, 6) is 0. The van der Waals surface area contributed by atoms with Crippen molar-refractivity contribution >= 4 is 40.5 Å². The minimum Gasteiger partial charge on any atom is -0.354 e. The summed E-state index contributed by atoms with van der Waals surface area (Å²) in [6, 6.07) is 12.1. The Morgan fingerprint density at radius 1 is 1.13 bits per heavy atom. The third kappa shape index (κ3) is 5.84.